The van der Waals surface area contributed by atoms with Crippen molar-refractivity contribution in [2.45, 2.75) is 18.9 Å². The van der Waals surface area contributed by atoms with Gasteiger partial charge in [0.25, 0.3) is 0 Å². The molecule has 3 aromatic carbocycles. The Balaban J connectivity index is 1.69. The summed E-state index contributed by atoms with van der Waals surface area (Å²) in [6, 6.07) is 25.3. The fourth-order valence-corrected chi connectivity index (χ4v) is 3.13. The summed E-state index contributed by atoms with van der Waals surface area (Å²) >= 11 is 0. The first-order valence-electron chi connectivity index (χ1n) is 8.90. The largest absolute Gasteiger partial charge is 0.497 e. The van der Waals surface area contributed by atoms with Gasteiger partial charge >= 0.3 is 0 Å². The molecule has 2 nitrogen and oxygen atoms in total. The number of halogens is 1. The van der Waals surface area contributed by atoms with Crippen molar-refractivity contribution in [3.05, 3.63) is 101 Å². The second-order valence-corrected chi connectivity index (χ2v) is 6.33. The number of rotatable bonds is 8. The normalized spacial score (nSPS) is 11.9. The Morgan fingerprint density at radius 3 is 2.08 bits per heavy atom. The van der Waals surface area contributed by atoms with Crippen molar-refractivity contribution in [2.75, 3.05) is 13.7 Å². The standard InChI is InChI=1S/C23H24FNO/c1-26-22-13-9-20(10-14-22)23(19-7-11-21(24)12-8-19)15-16-25-17-18-5-3-2-4-6-18/h2-14,23,25H,15-17H2,1H3/t23-/m0/s1. The number of benzene rings is 3. The van der Waals surface area contributed by atoms with E-state index in [1.165, 1.54) is 23.3 Å². The van der Waals surface area contributed by atoms with E-state index in [4.69, 9.17) is 4.74 Å². The second kappa shape index (κ2) is 9.16. The molecule has 0 aliphatic rings. The molecule has 0 bridgehead atoms. The molecule has 0 saturated heterocycles. The molecule has 1 N–H and O–H groups in total. The fourth-order valence-electron chi connectivity index (χ4n) is 3.13. The number of methoxy groups -OCH3 is 1. The molecule has 3 heteroatoms. The lowest BCUT2D eigenvalue weighted by Gasteiger charge is -2.19. The van der Waals surface area contributed by atoms with Crippen molar-refractivity contribution in [1.29, 1.82) is 0 Å². The Labute approximate surface area is 154 Å². The van der Waals surface area contributed by atoms with Crippen LogP contribution in [0, 0.1) is 5.82 Å². The topological polar surface area (TPSA) is 21.3 Å². The molecule has 0 saturated carbocycles. The summed E-state index contributed by atoms with van der Waals surface area (Å²) in [5.41, 5.74) is 3.60. The van der Waals surface area contributed by atoms with E-state index >= 15 is 0 Å². The lowest BCUT2D eigenvalue weighted by Crippen LogP contribution is -2.17. The predicted molar refractivity (Wildman–Crippen MR) is 104 cm³/mol. The smallest absolute Gasteiger partial charge is 0.123 e. The highest BCUT2D eigenvalue weighted by Crippen LogP contribution is 2.29. The van der Waals surface area contributed by atoms with Crippen molar-refractivity contribution in [1.82, 2.24) is 5.32 Å². The summed E-state index contributed by atoms with van der Waals surface area (Å²) in [6.07, 6.45) is 0.935. The quantitative estimate of drug-likeness (QED) is 0.568. The van der Waals surface area contributed by atoms with E-state index in [0.29, 0.717) is 0 Å². The molecule has 0 heterocycles. The van der Waals surface area contributed by atoms with Crippen LogP contribution in [0.5, 0.6) is 5.75 Å². The van der Waals surface area contributed by atoms with Crippen LogP contribution in [0.25, 0.3) is 0 Å². The van der Waals surface area contributed by atoms with Gasteiger partial charge in [0.2, 0.25) is 0 Å². The van der Waals surface area contributed by atoms with Crippen LogP contribution in [0.3, 0.4) is 0 Å². The van der Waals surface area contributed by atoms with Gasteiger partial charge in [0.15, 0.2) is 0 Å². The number of ether oxygens (including phenoxy) is 1. The zero-order chi connectivity index (χ0) is 18.2. The molecule has 0 radical (unpaired) electrons. The molecule has 0 spiro atoms. The van der Waals surface area contributed by atoms with Gasteiger partial charge in [-0.15, -0.1) is 0 Å². The average Bonchev–Trinajstić information content (AvgIpc) is 2.70. The summed E-state index contributed by atoms with van der Waals surface area (Å²) in [5, 5.41) is 3.51. The molecule has 0 aromatic heterocycles. The highest BCUT2D eigenvalue weighted by molar-refractivity contribution is 5.36. The van der Waals surface area contributed by atoms with Crippen LogP contribution in [-0.2, 0) is 6.54 Å². The van der Waals surface area contributed by atoms with Gasteiger partial charge in [0, 0.05) is 12.5 Å². The maximum Gasteiger partial charge on any atom is 0.123 e. The van der Waals surface area contributed by atoms with Crippen LogP contribution in [-0.4, -0.2) is 13.7 Å². The maximum atomic E-state index is 13.3. The highest BCUT2D eigenvalue weighted by atomic mass is 19.1. The molecule has 0 amide bonds. The average molecular weight is 349 g/mol. The molecule has 134 valence electrons. The summed E-state index contributed by atoms with van der Waals surface area (Å²) in [7, 11) is 1.67. The Morgan fingerprint density at radius 1 is 0.846 bits per heavy atom. The molecule has 0 unspecified atom stereocenters. The van der Waals surface area contributed by atoms with E-state index in [0.717, 1.165) is 30.8 Å². The Bertz CT molecular complexity index is 785. The molecule has 0 aliphatic carbocycles. The van der Waals surface area contributed by atoms with Gasteiger partial charge in [-0.1, -0.05) is 54.6 Å². The summed E-state index contributed by atoms with van der Waals surface area (Å²) in [4.78, 5) is 0. The molecule has 0 aliphatic heterocycles. The molecule has 26 heavy (non-hydrogen) atoms. The van der Waals surface area contributed by atoms with Crippen LogP contribution in [0.2, 0.25) is 0 Å². The van der Waals surface area contributed by atoms with Gasteiger partial charge in [-0.3, -0.25) is 0 Å². The SMILES string of the molecule is COc1ccc([C@@H](CCNCc2ccccc2)c2ccc(F)cc2)cc1. The van der Waals surface area contributed by atoms with Gasteiger partial charge in [-0.2, -0.15) is 0 Å². The van der Waals surface area contributed by atoms with Crippen molar-refractivity contribution < 1.29 is 9.13 Å². The monoisotopic (exact) mass is 349 g/mol. The number of hydrogen-bond acceptors (Lipinski definition) is 2. The lowest BCUT2D eigenvalue weighted by molar-refractivity contribution is 0.414. The zero-order valence-electron chi connectivity index (χ0n) is 15.0. The van der Waals surface area contributed by atoms with Gasteiger partial charge in [-0.05, 0) is 53.9 Å². The van der Waals surface area contributed by atoms with E-state index in [9.17, 15) is 4.39 Å². The summed E-state index contributed by atoms with van der Waals surface area (Å²) in [6.45, 7) is 1.72. The highest BCUT2D eigenvalue weighted by Gasteiger charge is 2.14. The summed E-state index contributed by atoms with van der Waals surface area (Å²) < 4.78 is 18.6. The van der Waals surface area contributed by atoms with Crippen LogP contribution >= 0.6 is 0 Å². The molecule has 3 rings (SSSR count). The molecule has 1 atom stereocenters. The Kier molecular flexibility index (Phi) is 6.39. The summed E-state index contributed by atoms with van der Waals surface area (Å²) in [5.74, 6) is 0.850. The van der Waals surface area contributed by atoms with Gasteiger partial charge < -0.3 is 10.1 Å². The Hall–Kier alpha value is -2.65. The first-order chi connectivity index (χ1) is 12.8. The zero-order valence-corrected chi connectivity index (χ0v) is 15.0. The van der Waals surface area contributed by atoms with Gasteiger partial charge in [0.1, 0.15) is 11.6 Å². The van der Waals surface area contributed by atoms with Crippen LogP contribution in [0.1, 0.15) is 29.0 Å². The van der Waals surface area contributed by atoms with Crippen molar-refractivity contribution >= 4 is 0 Å². The van der Waals surface area contributed by atoms with Crippen LogP contribution < -0.4 is 10.1 Å². The first-order valence-corrected chi connectivity index (χ1v) is 8.90. The van der Waals surface area contributed by atoms with Crippen molar-refractivity contribution in [2.24, 2.45) is 0 Å². The minimum Gasteiger partial charge on any atom is -0.497 e. The van der Waals surface area contributed by atoms with E-state index in [1.807, 2.05) is 30.3 Å². The second-order valence-electron chi connectivity index (χ2n) is 6.33. The van der Waals surface area contributed by atoms with Gasteiger partial charge in [-0.25, -0.2) is 4.39 Å². The van der Waals surface area contributed by atoms with E-state index in [2.05, 4.69) is 41.7 Å². The molecule has 3 aromatic rings. The predicted octanol–water partition coefficient (Wildman–Crippen LogP) is 5.15. The van der Waals surface area contributed by atoms with E-state index in [-0.39, 0.29) is 11.7 Å². The third-order valence-corrected chi connectivity index (χ3v) is 4.57. The third kappa shape index (κ3) is 4.93. The van der Waals surface area contributed by atoms with Crippen LogP contribution in [0.15, 0.2) is 78.9 Å². The first kappa shape index (κ1) is 18.2. The number of hydrogen-bond donors (Lipinski definition) is 1. The van der Waals surface area contributed by atoms with Crippen molar-refractivity contribution in [3.8, 4) is 5.75 Å². The van der Waals surface area contributed by atoms with Crippen molar-refractivity contribution in [3.63, 3.8) is 0 Å². The van der Waals surface area contributed by atoms with Gasteiger partial charge in [0.05, 0.1) is 7.11 Å². The maximum absolute atomic E-state index is 13.3. The minimum absolute atomic E-state index is 0.204. The van der Waals surface area contributed by atoms with Crippen LogP contribution in [0.4, 0.5) is 4.39 Å². The minimum atomic E-state index is -0.204. The van der Waals surface area contributed by atoms with E-state index < -0.39 is 0 Å². The van der Waals surface area contributed by atoms with E-state index in [1.54, 1.807) is 7.11 Å². The number of nitrogens with one attached hydrogen (secondary N) is 1. The molecule has 0 fully saturated rings. The lowest BCUT2D eigenvalue weighted by atomic mass is 9.88. The molecular formula is C23H24FNO. The third-order valence-electron chi connectivity index (χ3n) is 4.57. The fraction of sp³-hybridized carbons (Fsp3) is 0.217. The molecular weight excluding hydrogens is 325 g/mol. The Morgan fingerprint density at radius 2 is 1.46 bits per heavy atom.